The van der Waals surface area contributed by atoms with E-state index in [-0.39, 0.29) is 12.6 Å². The van der Waals surface area contributed by atoms with E-state index in [1.54, 1.807) is 12.4 Å². The third kappa shape index (κ3) is 3.23. The van der Waals surface area contributed by atoms with Crippen LogP contribution in [0.2, 0.25) is 0 Å². The van der Waals surface area contributed by atoms with Gasteiger partial charge in [-0.15, -0.1) is 0 Å². The van der Waals surface area contributed by atoms with Gasteiger partial charge in [0.1, 0.15) is 6.54 Å². The SMILES string of the molecule is CCC(C)N(CC(=O)O)c1ccncc1. The Bertz CT molecular complexity index is 314. The Kier molecular flexibility index (Phi) is 4.09. The molecule has 1 rings (SSSR count). The summed E-state index contributed by atoms with van der Waals surface area (Å²) in [5.74, 6) is -0.813. The molecule has 82 valence electrons. The Morgan fingerprint density at radius 3 is 2.60 bits per heavy atom. The lowest BCUT2D eigenvalue weighted by molar-refractivity contribution is -0.135. The molecule has 0 saturated carbocycles. The Hall–Kier alpha value is -1.58. The fourth-order valence-corrected chi connectivity index (χ4v) is 1.40. The summed E-state index contributed by atoms with van der Waals surface area (Å²) in [4.78, 5) is 16.5. The van der Waals surface area contributed by atoms with E-state index in [0.717, 1.165) is 12.1 Å². The van der Waals surface area contributed by atoms with Gasteiger partial charge in [-0.1, -0.05) is 6.92 Å². The van der Waals surface area contributed by atoms with E-state index in [9.17, 15) is 4.79 Å². The van der Waals surface area contributed by atoms with Crippen LogP contribution in [0.25, 0.3) is 0 Å². The number of anilines is 1. The van der Waals surface area contributed by atoms with Crippen LogP contribution in [0.5, 0.6) is 0 Å². The van der Waals surface area contributed by atoms with Crippen LogP contribution in [0, 0.1) is 0 Å². The molecule has 1 N–H and O–H groups in total. The molecule has 4 heteroatoms. The molecule has 0 aliphatic heterocycles. The van der Waals surface area contributed by atoms with E-state index in [0.29, 0.717) is 0 Å². The first-order valence-corrected chi connectivity index (χ1v) is 5.03. The molecular formula is C11H16N2O2. The number of carboxylic acid groups (broad SMARTS) is 1. The highest BCUT2D eigenvalue weighted by Crippen LogP contribution is 2.16. The zero-order valence-electron chi connectivity index (χ0n) is 9.05. The Morgan fingerprint density at radius 2 is 2.13 bits per heavy atom. The first kappa shape index (κ1) is 11.5. The van der Waals surface area contributed by atoms with Crippen LogP contribution in [0.3, 0.4) is 0 Å². The van der Waals surface area contributed by atoms with E-state index in [1.165, 1.54) is 0 Å². The molecule has 0 aliphatic carbocycles. The Labute approximate surface area is 89.6 Å². The van der Waals surface area contributed by atoms with Crippen LogP contribution in [0.4, 0.5) is 5.69 Å². The average molecular weight is 208 g/mol. The molecule has 1 aromatic rings. The smallest absolute Gasteiger partial charge is 0.323 e. The first-order chi connectivity index (χ1) is 7.15. The van der Waals surface area contributed by atoms with E-state index < -0.39 is 5.97 Å². The monoisotopic (exact) mass is 208 g/mol. The standard InChI is InChI=1S/C11H16N2O2/c1-3-9(2)13(8-11(14)15)10-4-6-12-7-5-10/h4-7,9H,3,8H2,1-2H3,(H,14,15). The second-order valence-electron chi connectivity index (χ2n) is 3.48. The molecule has 0 aliphatic rings. The predicted molar refractivity (Wildman–Crippen MR) is 59.0 cm³/mol. The number of pyridine rings is 1. The van der Waals surface area contributed by atoms with Crippen molar-refractivity contribution in [1.82, 2.24) is 4.98 Å². The molecule has 1 aromatic heterocycles. The summed E-state index contributed by atoms with van der Waals surface area (Å²) >= 11 is 0. The van der Waals surface area contributed by atoms with Gasteiger partial charge in [0.25, 0.3) is 0 Å². The van der Waals surface area contributed by atoms with Crippen molar-refractivity contribution in [1.29, 1.82) is 0 Å². The summed E-state index contributed by atoms with van der Waals surface area (Å²) < 4.78 is 0. The average Bonchev–Trinajstić information content (AvgIpc) is 2.26. The van der Waals surface area contributed by atoms with Gasteiger partial charge < -0.3 is 10.0 Å². The lowest BCUT2D eigenvalue weighted by Crippen LogP contribution is -2.37. The summed E-state index contributed by atoms with van der Waals surface area (Å²) in [6, 6.07) is 3.87. The Morgan fingerprint density at radius 1 is 1.53 bits per heavy atom. The molecule has 0 saturated heterocycles. The summed E-state index contributed by atoms with van der Waals surface area (Å²) in [6.07, 6.45) is 4.26. The van der Waals surface area contributed by atoms with Gasteiger partial charge in [-0.3, -0.25) is 9.78 Å². The lowest BCUT2D eigenvalue weighted by Gasteiger charge is -2.28. The highest BCUT2D eigenvalue weighted by atomic mass is 16.4. The van der Waals surface area contributed by atoms with E-state index in [4.69, 9.17) is 5.11 Å². The van der Waals surface area contributed by atoms with Crippen LogP contribution < -0.4 is 4.90 Å². The highest BCUT2D eigenvalue weighted by Gasteiger charge is 2.15. The van der Waals surface area contributed by atoms with Gasteiger partial charge in [0.05, 0.1) is 0 Å². The summed E-state index contributed by atoms with van der Waals surface area (Å²) in [6.45, 7) is 4.09. The third-order valence-electron chi connectivity index (χ3n) is 2.42. The number of aromatic nitrogens is 1. The molecule has 0 aromatic carbocycles. The lowest BCUT2D eigenvalue weighted by atomic mass is 10.2. The van der Waals surface area contributed by atoms with Crippen molar-refractivity contribution < 1.29 is 9.90 Å². The van der Waals surface area contributed by atoms with Crippen molar-refractivity contribution >= 4 is 11.7 Å². The van der Waals surface area contributed by atoms with Gasteiger partial charge in [-0.2, -0.15) is 0 Å². The first-order valence-electron chi connectivity index (χ1n) is 5.03. The normalized spacial score (nSPS) is 12.1. The van der Waals surface area contributed by atoms with E-state index in [2.05, 4.69) is 4.98 Å². The van der Waals surface area contributed by atoms with Gasteiger partial charge >= 0.3 is 5.97 Å². The molecule has 1 unspecified atom stereocenters. The summed E-state index contributed by atoms with van der Waals surface area (Å²) in [5.41, 5.74) is 0.904. The molecule has 0 spiro atoms. The van der Waals surface area contributed by atoms with Gasteiger partial charge in [-0.25, -0.2) is 0 Å². The van der Waals surface area contributed by atoms with Gasteiger partial charge in [0.2, 0.25) is 0 Å². The molecule has 0 radical (unpaired) electrons. The zero-order chi connectivity index (χ0) is 11.3. The van der Waals surface area contributed by atoms with Crippen molar-refractivity contribution in [2.75, 3.05) is 11.4 Å². The summed E-state index contributed by atoms with van der Waals surface area (Å²) in [5, 5.41) is 8.83. The largest absolute Gasteiger partial charge is 0.480 e. The molecule has 0 fully saturated rings. The highest BCUT2D eigenvalue weighted by molar-refractivity contribution is 5.73. The number of hydrogen-bond acceptors (Lipinski definition) is 3. The second kappa shape index (κ2) is 5.34. The molecule has 0 amide bonds. The van der Waals surface area contributed by atoms with Crippen molar-refractivity contribution in [3.63, 3.8) is 0 Å². The minimum atomic E-state index is -0.813. The van der Waals surface area contributed by atoms with Crippen molar-refractivity contribution in [3.05, 3.63) is 24.5 Å². The molecule has 15 heavy (non-hydrogen) atoms. The minimum Gasteiger partial charge on any atom is -0.480 e. The summed E-state index contributed by atoms with van der Waals surface area (Å²) in [7, 11) is 0. The Balaban J connectivity index is 2.86. The van der Waals surface area contributed by atoms with Crippen molar-refractivity contribution in [2.24, 2.45) is 0 Å². The van der Waals surface area contributed by atoms with Gasteiger partial charge in [0, 0.05) is 24.1 Å². The molecule has 4 nitrogen and oxygen atoms in total. The predicted octanol–water partition coefficient (Wildman–Crippen LogP) is 1.77. The maximum Gasteiger partial charge on any atom is 0.323 e. The minimum absolute atomic E-state index is 0.0268. The number of aliphatic carboxylic acids is 1. The maximum absolute atomic E-state index is 10.7. The van der Waals surface area contributed by atoms with Crippen LogP contribution in [-0.4, -0.2) is 28.6 Å². The van der Waals surface area contributed by atoms with Gasteiger partial charge in [0.15, 0.2) is 0 Å². The van der Waals surface area contributed by atoms with Gasteiger partial charge in [-0.05, 0) is 25.5 Å². The number of nitrogens with zero attached hydrogens (tertiary/aromatic N) is 2. The van der Waals surface area contributed by atoms with Crippen molar-refractivity contribution in [2.45, 2.75) is 26.3 Å². The van der Waals surface area contributed by atoms with E-state index in [1.807, 2.05) is 30.9 Å². The van der Waals surface area contributed by atoms with Crippen molar-refractivity contribution in [3.8, 4) is 0 Å². The number of carbonyl (C=O) groups is 1. The number of rotatable bonds is 5. The molecule has 1 atom stereocenters. The molecular weight excluding hydrogens is 192 g/mol. The fraction of sp³-hybridized carbons (Fsp3) is 0.455. The fourth-order valence-electron chi connectivity index (χ4n) is 1.40. The number of hydrogen-bond donors (Lipinski definition) is 1. The quantitative estimate of drug-likeness (QED) is 0.801. The number of carboxylic acids is 1. The molecule has 0 bridgehead atoms. The van der Waals surface area contributed by atoms with Crippen LogP contribution in [0.1, 0.15) is 20.3 Å². The van der Waals surface area contributed by atoms with Crippen LogP contribution >= 0.6 is 0 Å². The topological polar surface area (TPSA) is 53.4 Å². The van der Waals surface area contributed by atoms with E-state index >= 15 is 0 Å². The van der Waals surface area contributed by atoms with Crippen LogP contribution in [-0.2, 0) is 4.79 Å². The maximum atomic E-state index is 10.7. The zero-order valence-corrected chi connectivity index (χ0v) is 9.05. The molecule has 1 heterocycles. The third-order valence-corrected chi connectivity index (χ3v) is 2.42. The second-order valence-corrected chi connectivity index (χ2v) is 3.48. The van der Waals surface area contributed by atoms with Crippen LogP contribution in [0.15, 0.2) is 24.5 Å².